The van der Waals surface area contributed by atoms with Crippen molar-refractivity contribution in [1.82, 2.24) is 19.5 Å². The summed E-state index contributed by atoms with van der Waals surface area (Å²) in [4.78, 5) is 31.4. The molecule has 1 aromatic carbocycles. The van der Waals surface area contributed by atoms with E-state index in [4.69, 9.17) is 4.74 Å². The second kappa shape index (κ2) is 7.59. The lowest BCUT2D eigenvalue weighted by Crippen LogP contribution is -2.29. The number of carbonyl (C=O) groups is 1. The van der Waals surface area contributed by atoms with Gasteiger partial charge in [0.1, 0.15) is 5.56 Å². The number of aromatic amines is 1. The van der Waals surface area contributed by atoms with Crippen LogP contribution in [0.4, 0.5) is 0 Å². The number of fused-ring (bicyclic) bond motifs is 2. The molecular formula is C21H24N4O3. The number of H-pyrrole nitrogens is 1. The van der Waals surface area contributed by atoms with Crippen molar-refractivity contribution in [3.63, 3.8) is 0 Å². The molecule has 1 unspecified atom stereocenters. The number of hydrogen-bond donors (Lipinski definition) is 1. The van der Waals surface area contributed by atoms with Crippen LogP contribution in [-0.2, 0) is 17.7 Å². The average molecular weight is 380 g/mol. The molecule has 2 heterocycles. The van der Waals surface area contributed by atoms with Crippen molar-refractivity contribution in [3.05, 3.63) is 69.3 Å². The van der Waals surface area contributed by atoms with E-state index in [1.165, 1.54) is 27.9 Å². The van der Waals surface area contributed by atoms with Crippen LogP contribution in [-0.4, -0.2) is 39.1 Å². The zero-order chi connectivity index (χ0) is 19.7. The van der Waals surface area contributed by atoms with E-state index in [9.17, 15) is 9.59 Å². The van der Waals surface area contributed by atoms with E-state index in [1.54, 1.807) is 6.92 Å². The second-order valence-electron chi connectivity index (χ2n) is 7.17. The lowest BCUT2D eigenvalue weighted by atomic mass is 9.87. The number of ether oxygens (including phenoxy) is 1. The summed E-state index contributed by atoms with van der Waals surface area (Å²) in [5.74, 6) is -0.486. The summed E-state index contributed by atoms with van der Waals surface area (Å²) in [5.41, 5.74) is 3.71. The third-order valence-corrected chi connectivity index (χ3v) is 5.33. The highest BCUT2D eigenvalue weighted by molar-refractivity contribution is 5.95. The van der Waals surface area contributed by atoms with Gasteiger partial charge in [0.25, 0.3) is 5.56 Å². The van der Waals surface area contributed by atoms with Gasteiger partial charge in [-0.25, -0.2) is 14.3 Å². The first kappa shape index (κ1) is 18.4. The van der Waals surface area contributed by atoms with Crippen LogP contribution in [0.2, 0.25) is 0 Å². The number of nitrogens with zero attached hydrogens (tertiary/aromatic N) is 3. The first-order valence-electron chi connectivity index (χ1n) is 9.63. The fraction of sp³-hybridized carbons (Fsp3) is 0.381. The summed E-state index contributed by atoms with van der Waals surface area (Å²) in [6.07, 6.45) is 4.80. The van der Waals surface area contributed by atoms with E-state index in [-0.39, 0.29) is 17.7 Å². The molecule has 0 amide bonds. The monoisotopic (exact) mass is 380 g/mol. The molecule has 28 heavy (non-hydrogen) atoms. The number of nitrogens with one attached hydrogen (secondary N) is 1. The van der Waals surface area contributed by atoms with Crippen molar-refractivity contribution < 1.29 is 9.53 Å². The minimum Gasteiger partial charge on any atom is -0.462 e. The first-order chi connectivity index (χ1) is 13.6. The van der Waals surface area contributed by atoms with E-state index < -0.39 is 5.97 Å². The molecule has 3 aromatic rings. The van der Waals surface area contributed by atoms with Gasteiger partial charge in [-0.3, -0.25) is 14.8 Å². The Kier molecular flexibility index (Phi) is 5.00. The van der Waals surface area contributed by atoms with Gasteiger partial charge in [-0.1, -0.05) is 24.3 Å². The number of aryl methyl sites for hydroxylation is 1. The van der Waals surface area contributed by atoms with Crippen molar-refractivity contribution in [2.75, 3.05) is 13.7 Å². The van der Waals surface area contributed by atoms with Crippen LogP contribution in [0.3, 0.4) is 0 Å². The Labute approximate surface area is 162 Å². The third-order valence-electron chi connectivity index (χ3n) is 5.33. The highest BCUT2D eigenvalue weighted by Crippen LogP contribution is 2.33. The van der Waals surface area contributed by atoms with Crippen molar-refractivity contribution in [2.24, 2.45) is 0 Å². The lowest BCUT2D eigenvalue weighted by Gasteiger charge is -2.33. The quantitative estimate of drug-likeness (QED) is 0.689. The summed E-state index contributed by atoms with van der Waals surface area (Å²) in [6.45, 7) is 2.54. The molecule has 2 aromatic heterocycles. The molecule has 1 atom stereocenters. The largest absolute Gasteiger partial charge is 0.462 e. The average Bonchev–Trinajstić information content (AvgIpc) is 3.12. The molecule has 7 nitrogen and oxygen atoms in total. The molecule has 1 aliphatic rings. The Bertz CT molecular complexity index is 1070. The van der Waals surface area contributed by atoms with Gasteiger partial charge in [0.2, 0.25) is 0 Å². The van der Waals surface area contributed by atoms with Crippen LogP contribution in [0.25, 0.3) is 5.65 Å². The molecule has 146 valence electrons. The van der Waals surface area contributed by atoms with Gasteiger partial charge < -0.3 is 4.74 Å². The Hall–Kier alpha value is -2.93. The molecule has 1 aliphatic carbocycles. The molecule has 4 rings (SSSR count). The molecule has 0 bridgehead atoms. The predicted molar refractivity (Wildman–Crippen MR) is 105 cm³/mol. The van der Waals surface area contributed by atoms with Crippen LogP contribution in [0.15, 0.2) is 41.3 Å². The third kappa shape index (κ3) is 3.33. The molecule has 0 aliphatic heterocycles. The van der Waals surface area contributed by atoms with E-state index in [1.807, 2.05) is 0 Å². The summed E-state index contributed by atoms with van der Waals surface area (Å²) in [6, 6.07) is 10.3. The Morgan fingerprint density at radius 3 is 3.04 bits per heavy atom. The summed E-state index contributed by atoms with van der Waals surface area (Å²) >= 11 is 0. The van der Waals surface area contributed by atoms with Crippen molar-refractivity contribution in [1.29, 1.82) is 0 Å². The topological polar surface area (TPSA) is 79.7 Å². The van der Waals surface area contributed by atoms with Gasteiger partial charge in [0.05, 0.1) is 12.3 Å². The molecule has 0 spiro atoms. The maximum absolute atomic E-state index is 12.5. The van der Waals surface area contributed by atoms with Gasteiger partial charge in [-0.15, -0.1) is 0 Å². The van der Waals surface area contributed by atoms with Crippen LogP contribution >= 0.6 is 0 Å². The maximum Gasteiger partial charge on any atom is 0.343 e. The second-order valence-corrected chi connectivity index (χ2v) is 7.17. The van der Waals surface area contributed by atoms with Crippen molar-refractivity contribution in [2.45, 2.75) is 38.8 Å². The molecular weight excluding hydrogens is 356 g/mol. The van der Waals surface area contributed by atoms with Gasteiger partial charge in [-0.05, 0) is 44.4 Å². The zero-order valence-corrected chi connectivity index (χ0v) is 16.1. The highest BCUT2D eigenvalue weighted by Gasteiger charge is 2.24. The molecule has 0 saturated carbocycles. The zero-order valence-electron chi connectivity index (χ0n) is 16.1. The fourth-order valence-corrected chi connectivity index (χ4v) is 4.02. The van der Waals surface area contributed by atoms with Gasteiger partial charge in [0.15, 0.2) is 5.65 Å². The highest BCUT2D eigenvalue weighted by atomic mass is 16.5. The number of benzene rings is 1. The number of aromatic nitrogens is 3. The molecule has 7 heteroatoms. The van der Waals surface area contributed by atoms with Gasteiger partial charge >= 0.3 is 5.97 Å². The number of hydrogen-bond acceptors (Lipinski definition) is 5. The van der Waals surface area contributed by atoms with E-state index >= 15 is 0 Å². The number of esters is 1. The van der Waals surface area contributed by atoms with Crippen LogP contribution in [0, 0.1) is 0 Å². The summed E-state index contributed by atoms with van der Waals surface area (Å²) < 4.78 is 6.33. The lowest BCUT2D eigenvalue weighted by molar-refractivity contribution is 0.0528. The van der Waals surface area contributed by atoms with Crippen molar-refractivity contribution >= 4 is 11.6 Å². The van der Waals surface area contributed by atoms with Gasteiger partial charge in [0, 0.05) is 24.8 Å². The smallest absolute Gasteiger partial charge is 0.343 e. The fourth-order valence-electron chi connectivity index (χ4n) is 4.02. The van der Waals surface area contributed by atoms with Crippen LogP contribution in [0.1, 0.15) is 53.0 Å². The number of carbonyl (C=O) groups excluding carboxylic acids is 1. The first-order valence-corrected chi connectivity index (χ1v) is 9.63. The van der Waals surface area contributed by atoms with E-state index in [0.29, 0.717) is 23.9 Å². The molecule has 0 radical (unpaired) electrons. The van der Waals surface area contributed by atoms with E-state index in [0.717, 1.165) is 19.3 Å². The summed E-state index contributed by atoms with van der Waals surface area (Å²) in [7, 11) is 2.06. The van der Waals surface area contributed by atoms with Crippen LogP contribution in [0.5, 0.6) is 0 Å². The predicted octanol–water partition coefficient (Wildman–Crippen LogP) is 2.71. The molecule has 0 saturated heterocycles. The van der Waals surface area contributed by atoms with Crippen molar-refractivity contribution in [3.8, 4) is 0 Å². The molecule has 1 N–H and O–H groups in total. The van der Waals surface area contributed by atoms with Gasteiger partial charge in [-0.2, -0.15) is 0 Å². The summed E-state index contributed by atoms with van der Waals surface area (Å²) in [5, 5.41) is 2.78. The Balaban J connectivity index is 1.64. The standard InChI is InChI=1S/C21H24N4O3/c1-3-28-21(27)17-12-22-25-19(26)11-15(23-20(17)25)13-24(2)18-10-6-8-14-7-4-5-9-16(14)18/h4-5,7,9,11-12,18,22H,3,6,8,10,13H2,1-2H3. The SMILES string of the molecule is CCOC(=O)c1c[nH]n2c(=O)cc(CN(C)C3CCCc4ccccc43)nc12. The Morgan fingerprint density at radius 2 is 2.21 bits per heavy atom. The molecule has 0 fully saturated rings. The van der Waals surface area contributed by atoms with E-state index in [2.05, 4.69) is 46.3 Å². The maximum atomic E-state index is 12.5. The minimum atomic E-state index is -0.486. The van der Waals surface area contributed by atoms with Crippen LogP contribution < -0.4 is 5.56 Å². The minimum absolute atomic E-state index is 0.243. The normalized spacial score (nSPS) is 16.3. The number of rotatable bonds is 5. The Morgan fingerprint density at radius 1 is 1.39 bits per heavy atom.